The predicted octanol–water partition coefficient (Wildman–Crippen LogP) is 0.639. The van der Waals surface area contributed by atoms with Crippen molar-refractivity contribution in [2.24, 2.45) is 0 Å². The molecule has 1 heterocycles. The van der Waals surface area contributed by atoms with Gasteiger partial charge in [0.15, 0.2) is 0 Å². The van der Waals surface area contributed by atoms with Gasteiger partial charge in [0.05, 0.1) is 12.4 Å². The van der Waals surface area contributed by atoms with Crippen molar-refractivity contribution in [1.82, 2.24) is 0 Å². The molecule has 58 valence electrons. The zero-order valence-electron chi connectivity index (χ0n) is 5.83. The number of hydrogen-bond donors (Lipinski definition) is 0. The summed E-state index contributed by atoms with van der Waals surface area (Å²) < 4.78 is 9.93. The minimum absolute atomic E-state index is 0.271. The minimum atomic E-state index is -0.309. The molecule has 0 aromatic carbocycles. The van der Waals surface area contributed by atoms with Gasteiger partial charge in [0, 0.05) is 12.7 Å². The van der Waals surface area contributed by atoms with Gasteiger partial charge in [-0.25, -0.2) is 0 Å². The van der Waals surface area contributed by atoms with Crippen molar-refractivity contribution < 1.29 is 14.3 Å². The summed E-state index contributed by atoms with van der Waals surface area (Å²) in [5, 5.41) is 0. The molecule has 1 aliphatic rings. The van der Waals surface area contributed by atoms with Crippen LogP contribution in [0.15, 0.2) is 0 Å². The van der Waals surface area contributed by atoms with Crippen molar-refractivity contribution in [2.45, 2.75) is 13.2 Å². The van der Waals surface area contributed by atoms with E-state index in [1.165, 1.54) is 6.92 Å². The number of ether oxygens (including phenoxy) is 2. The van der Waals surface area contributed by atoms with Crippen LogP contribution in [0, 0.1) is 0 Å². The fraction of sp³-hybridized carbons (Fsp3) is 0.833. The molecular weight excluding hydrogens is 152 g/mol. The number of hydrogen-bond acceptors (Lipinski definition) is 4. The second-order valence-electron chi connectivity index (χ2n) is 1.98. The first-order valence-electron chi connectivity index (χ1n) is 3.15. The monoisotopic (exact) mass is 162 g/mol. The number of carbonyl (C=O) groups excluding carboxylic acids is 1. The van der Waals surface area contributed by atoms with E-state index in [1.54, 1.807) is 11.8 Å². The summed E-state index contributed by atoms with van der Waals surface area (Å²) in [6, 6.07) is 0. The van der Waals surface area contributed by atoms with Gasteiger partial charge < -0.3 is 9.47 Å². The van der Waals surface area contributed by atoms with Gasteiger partial charge in [-0.05, 0) is 0 Å². The van der Waals surface area contributed by atoms with Gasteiger partial charge in [-0.3, -0.25) is 4.79 Å². The van der Waals surface area contributed by atoms with Gasteiger partial charge in [-0.2, -0.15) is 11.8 Å². The average molecular weight is 162 g/mol. The number of esters is 1. The lowest BCUT2D eigenvalue weighted by molar-refractivity contribution is -0.170. The van der Waals surface area contributed by atoms with E-state index in [0.29, 0.717) is 6.61 Å². The zero-order valence-corrected chi connectivity index (χ0v) is 6.65. The summed E-state index contributed by atoms with van der Waals surface area (Å²) in [6.45, 7) is 2.07. The highest BCUT2D eigenvalue weighted by molar-refractivity contribution is 7.99. The minimum Gasteiger partial charge on any atom is -0.435 e. The Labute approximate surface area is 64.1 Å². The van der Waals surface area contributed by atoms with Crippen LogP contribution in [0.1, 0.15) is 6.92 Å². The summed E-state index contributed by atoms with van der Waals surface area (Å²) in [5.74, 6) is 1.49. The predicted molar refractivity (Wildman–Crippen MR) is 38.8 cm³/mol. The first-order chi connectivity index (χ1) is 4.79. The van der Waals surface area contributed by atoms with E-state index in [9.17, 15) is 4.79 Å². The Hall–Kier alpha value is -0.220. The summed E-state index contributed by atoms with van der Waals surface area (Å²) in [4.78, 5) is 10.4. The Morgan fingerprint density at radius 2 is 2.60 bits per heavy atom. The quantitative estimate of drug-likeness (QED) is 0.530. The second-order valence-corrected chi connectivity index (χ2v) is 3.13. The molecule has 1 unspecified atom stereocenters. The summed E-state index contributed by atoms with van der Waals surface area (Å²) in [6.07, 6.45) is -0.309. The summed E-state index contributed by atoms with van der Waals surface area (Å²) >= 11 is 1.74. The highest BCUT2D eigenvalue weighted by Gasteiger charge is 2.15. The molecule has 0 N–H and O–H groups in total. The van der Waals surface area contributed by atoms with E-state index in [4.69, 9.17) is 9.47 Å². The molecule has 10 heavy (non-hydrogen) atoms. The van der Waals surface area contributed by atoms with E-state index >= 15 is 0 Å². The van der Waals surface area contributed by atoms with E-state index in [0.717, 1.165) is 11.5 Å². The molecule has 1 saturated heterocycles. The van der Waals surface area contributed by atoms with Crippen LogP contribution in [0.2, 0.25) is 0 Å². The van der Waals surface area contributed by atoms with Crippen LogP contribution >= 0.6 is 11.8 Å². The van der Waals surface area contributed by atoms with Crippen LogP contribution < -0.4 is 0 Å². The SMILES string of the molecule is CC(=O)OC1CSCCO1. The molecule has 0 radical (unpaired) electrons. The van der Waals surface area contributed by atoms with Crippen molar-refractivity contribution in [2.75, 3.05) is 18.1 Å². The van der Waals surface area contributed by atoms with E-state index < -0.39 is 0 Å². The Morgan fingerprint density at radius 3 is 3.10 bits per heavy atom. The van der Waals surface area contributed by atoms with E-state index in [2.05, 4.69) is 0 Å². The van der Waals surface area contributed by atoms with Crippen LogP contribution in [0.25, 0.3) is 0 Å². The molecule has 0 aromatic heterocycles. The van der Waals surface area contributed by atoms with Crippen LogP contribution in [-0.2, 0) is 14.3 Å². The molecular formula is C6H10O3S. The van der Waals surface area contributed by atoms with Crippen molar-refractivity contribution >= 4 is 17.7 Å². The molecule has 0 spiro atoms. The maximum atomic E-state index is 10.4. The molecule has 1 fully saturated rings. The lowest BCUT2D eigenvalue weighted by Gasteiger charge is -2.21. The molecule has 0 aromatic rings. The Kier molecular flexibility index (Phi) is 3.02. The molecule has 0 saturated carbocycles. The van der Waals surface area contributed by atoms with Crippen molar-refractivity contribution in [1.29, 1.82) is 0 Å². The molecule has 1 aliphatic heterocycles. The Bertz CT molecular complexity index is 120. The summed E-state index contributed by atoms with van der Waals surface area (Å²) in [5.41, 5.74) is 0. The fourth-order valence-corrected chi connectivity index (χ4v) is 1.46. The lowest BCUT2D eigenvalue weighted by atomic mass is 10.7. The van der Waals surface area contributed by atoms with Crippen LogP contribution in [0.5, 0.6) is 0 Å². The van der Waals surface area contributed by atoms with Gasteiger partial charge in [-0.15, -0.1) is 0 Å². The summed E-state index contributed by atoms with van der Waals surface area (Å²) in [7, 11) is 0. The smallest absolute Gasteiger partial charge is 0.304 e. The maximum Gasteiger partial charge on any atom is 0.304 e. The Morgan fingerprint density at radius 1 is 1.80 bits per heavy atom. The van der Waals surface area contributed by atoms with Gasteiger partial charge in [-0.1, -0.05) is 0 Å². The van der Waals surface area contributed by atoms with Crippen LogP contribution in [0.3, 0.4) is 0 Å². The van der Waals surface area contributed by atoms with Crippen molar-refractivity contribution in [3.05, 3.63) is 0 Å². The highest BCUT2D eigenvalue weighted by atomic mass is 32.2. The standard InChI is InChI=1S/C6H10O3S/c1-5(7)9-6-4-10-3-2-8-6/h6H,2-4H2,1H3. The van der Waals surface area contributed by atoms with Gasteiger partial charge >= 0.3 is 5.97 Å². The van der Waals surface area contributed by atoms with Crippen LogP contribution in [-0.4, -0.2) is 30.4 Å². The Balaban J connectivity index is 2.19. The molecule has 1 rings (SSSR count). The zero-order chi connectivity index (χ0) is 7.40. The molecule has 0 aliphatic carbocycles. The first-order valence-corrected chi connectivity index (χ1v) is 4.31. The molecule has 3 nitrogen and oxygen atoms in total. The molecule has 4 heteroatoms. The lowest BCUT2D eigenvalue weighted by Crippen LogP contribution is -2.27. The third-order valence-electron chi connectivity index (χ3n) is 1.08. The van der Waals surface area contributed by atoms with Crippen molar-refractivity contribution in [3.8, 4) is 0 Å². The van der Waals surface area contributed by atoms with Gasteiger partial charge in [0.25, 0.3) is 0 Å². The van der Waals surface area contributed by atoms with E-state index in [1.807, 2.05) is 0 Å². The van der Waals surface area contributed by atoms with Crippen molar-refractivity contribution in [3.63, 3.8) is 0 Å². The third-order valence-corrected chi connectivity index (χ3v) is 2.05. The van der Waals surface area contributed by atoms with E-state index in [-0.39, 0.29) is 12.3 Å². The van der Waals surface area contributed by atoms with Gasteiger partial charge in [0.1, 0.15) is 0 Å². The van der Waals surface area contributed by atoms with Gasteiger partial charge in [0.2, 0.25) is 6.29 Å². The normalized spacial score (nSPS) is 25.9. The number of rotatable bonds is 1. The first kappa shape index (κ1) is 7.88. The maximum absolute atomic E-state index is 10.4. The number of thioether (sulfide) groups is 1. The largest absolute Gasteiger partial charge is 0.435 e. The number of carbonyl (C=O) groups is 1. The molecule has 1 atom stereocenters. The fourth-order valence-electron chi connectivity index (χ4n) is 0.719. The topological polar surface area (TPSA) is 35.5 Å². The second kappa shape index (κ2) is 3.83. The molecule has 0 bridgehead atoms. The highest BCUT2D eigenvalue weighted by Crippen LogP contribution is 2.13. The van der Waals surface area contributed by atoms with Crippen LogP contribution in [0.4, 0.5) is 0 Å². The average Bonchev–Trinajstić information content (AvgIpc) is 1.88. The third kappa shape index (κ3) is 2.58. The molecule has 0 amide bonds.